The van der Waals surface area contributed by atoms with Gasteiger partial charge >= 0.3 is 11.9 Å². The molecule has 23 heavy (non-hydrogen) atoms. The van der Waals surface area contributed by atoms with Gasteiger partial charge in [0.1, 0.15) is 6.04 Å². The van der Waals surface area contributed by atoms with Crippen molar-refractivity contribution in [3.8, 4) is 0 Å². The Morgan fingerprint density at radius 3 is 2.39 bits per heavy atom. The quantitative estimate of drug-likeness (QED) is 0.738. The number of rotatable bonds is 8. The molecule has 0 spiro atoms. The minimum absolute atomic E-state index is 0.0317. The molecule has 0 unspecified atom stereocenters. The van der Waals surface area contributed by atoms with Crippen LogP contribution < -0.4 is 5.32 Å². The van der Waals surface area contributed by atoms with Gasteiger partial charge in [0.15, 0.2) is 0 Å². The van der Waals surface area contributed by atoms with E-state index in [1.54, 1.807) is 6.08 Å². The molecule has 0 saturated heterocycles. The van der Waals surface area contributed by atoms with Crippen molar-refractivity contribution in [3.05, 3.63) is 42.0 Å². The van der Waals surface area contributed by atoms with Crippen LogP contribution in [0.2, 0.25) is 0 Å². The van der Waals surface area contributed by atoms with Gasteiger partial charge in [-0.25, -0.2) is 4.79 Å². The van der Waals surface area contributed by atoms with E-state index in [1.165, 1.54) is 14.2 Å². The second-order valence-corrected chi connectivity index (χ2v) is 4.77. The minimum Gasteiger partial charge on any atom is -0.469 e. The average Bonchev–Trinajstić information content (AvgIpc) is 2.58. The van der Waals surface area contributed by atoms with E-state index >= 15 is 0 Å². The number of hydrogen-bond donors (Lipinski definition) is 1. The number of carbonyl (C=O) groups excluding carboxylic acids is 3. The van der Waals surface area contributed by atoms with Gasteiger partial charge in [-0.2, -0.15) is 0 Å². The number of hydrogen-bond acceptors (Lipinski definition) is 5. The van der Waals surface area contributed by atoms with Crippen LogP contribution in [-0.4, -0.2) is 38.1 Å². The molecule has 0 aliphatic carbocycles. The molecular formula is C17H21NO5. The fraction of sp³-hybridized carbons (Fsp3) is 0.353. The molecule has 0 aliphatic rings. The molecule has 0 radical (unpaired) electrons. The summed E-state index contributed by atoms with van der Waals surface area (Å²) >= 11 is 0. The largest absolute Gasteiger partial charge is 0.469 e. The Hall–Kier alpha value is -2.63. The maximum Gasteiger partial charge on any atom is 0.328 e. The van der Waals surface area contributed by atoms with Crippen molar-refractivity contribution in [3.63, 3.8) is 0 Å². The third-order valence-electron chi connectivity index (χ3n) is 3.09. The second kappa shape index (κ2) is 10.2. The van der Waals surface area contributed by atoms with E-state index in [2.05, 4.69) is 14.8 Å². The fourth-order valence-corrected chi connectivity index (χ4v) is 1.84. The number of nitrogens with one attached hydrogen (secondary N) is 1. The molecule has 1 amide bonds. The van der Waals surface area contributed by atoms with Crippen LogP contribution in [0.5, 0.6) is 0 Å². The van der Waals surface area contributed by atoms with Crippen LogP contribution in [0.15, 0.2) is 36.4 Å². The predicted molar refractivity (Wildman–Crippen MR) is 85.3 cm³/mol. The zero-order valence-electron chi connectivity index (χ0n) is 13.3. The van der Waals surface area contributed by atoms with E-state index in [0.29, 0.717) is 6.42 Å². The van der Waals surface area contributed by atoms with Crippen molar-refractivity contribution in [2.75, 3.05) is 14.2 Å². The molecule has 0 aliphatic heterocycles. The molecule has 1 aromatic rings. The Morgan fingerprint density at radius 2 is 1.78 bits per heavy atom. The normalized spacial score (nSPS) is 11.7. The van der Waals surface area contributed by atoms with E-state index < -0.39 is 23.9 Å². The summed E-state index contributed by atoms with van der Waals surface area (Å²) in [5.41, 5.74) is 0.994. The first-order valence-corrected chi connectivity index (χ1v) is 7.22. The SMILES string of the molecule is COC(=O)CCC(=O)N[C@@H](C/C=C/c1ccccc1)C(=O)OC. The highest BCUT2D eigenvalue weighted by molar-refractivity contribution is 5.86. The minimum atomic E-state index is -0.787. The van der Waals surface area contributed by atoms with Gasteiger partial charge in [0.25, 0.3) is 0 Å². The van der Waals surface area contributed by atoms with Gasteiger partial charge in [0.2, 0.25) is 5.91 Å². The number of ether oxygens (including phenoxy) is 2. The molecule has 0 heterocycles. The Labute approximate surface area is 135 Å². The highest BCUT2D eigenvalue weighted by Crippen LogP contribution is 2.05. The van der Waals surface area contributed by atoms with Gasteiger partial charge < -0.3 is 14.8 Å². The Kier molecular flexibility index (Phi) is 8.13. The Morgan fingerprint density at radius 1 is 1.09 bits per heavy atom. The van der Waals surface area contributed by atoms with E-state index in [9.17, 15) is 14.4 Å². The lowest BCUT2D eigenvalue weighted by molar-refractivity contribution is -0.145. The highest BCUT2D eigenvalue weighted by atomic mass is 16.5. The Bertz CT molecular complexity index is 553. The summed E-state index contributed by atoms with van der Waals surface area (Å²) in [7, 11) is 2.52. The molecule has 1 N–H and O–H groups in total. The van der Waals surface area contributed by atoms with Crippen molar-refractivity contribution >= 4 is 23.9 Å². The van der Waals surface area contributed by atoms with E-state index in [0.717, 1.165) is 5.56 Å². The van der Waals surface area contributed by atoms with Crippen molar-refractivity contribution in [2.24, 2.45) is 0 Å². The first kappa shape index (κ1) is 18.4. The molecule has 0 aromatic heterocycles. The summed E-state index contributed by atoms with van der Waals surface area (Å²) in [5.74, 6) is -1.41. The fourth-order valence-electron chi connectivity index (χ4n) is 1.84. The summed E-state index contributed by atoms with van der Waals surface area (Å²) in [6, 6.07) is 8.80. The standard InChI is InChI=1S/C17H21NO5/c1-22-16(20)12-11-15(19)18-14(17(21)23-2)10-6-9-13-7-4-3-5-8-13/h3-9,14H,10-12H2,1-2H3,(H,18,19)/b9-6+/t14-/m0/s1. The predicted octanol–water partition coefficient (Wildman–Crippen LogP) is 1.70. The Balaban J connectivity index is 2.55. The van der Waals surface area contributed by atoms with E-state index in [4.69, 9.17) is 0 Å². The van der Waals surface area contributed by atoms with Crippen molar-refractivity contribution in [2.45, 2.75) is 25.3 Å². The zero-order valence-corrected chi connectivity index (χ0v) is 13.3. The van der Waals surface area contributed by atoms with Crippen LogP contribution in [-0.2, 0) is 23.9 Å². The number of esters is 2. The van der Waals surface area contributed by atoms with Crippen molar-refractivity contribution in [1.29, 1.82) is 0 Å². The molecule has 124 valence electrons. The molecule has 1 rings (SSSR count). The number of benzene rings is 1. The van der Waals surface area contributed by atoms with Crippen LogP contribution in [0.1, 0.15) is 24.8 Å². The van der Waals surface area contributed by atoms with Gasteiger partial charge in [-0.1, -0.05) is 42.5 Å². The topological polar surface area (TPSA) is 81.7 Å². The lowest BCUT2D eigenvalue weighted by Crippen LogP contribution is -2.41. The summed E-state index contributed by atoms with van der Waals surface area (Å²) < 4.78 is 9.15. The summed E-state index contributed by atoms with van der Waals surface area (Å²) in [6.07, 6.45) is 3.87. The summed E-state index contributed by atoms with van der Waals surface area (Å²) in [6.45, 7) is 0. The van der Waals surface area contributed by atoms with E-state index in [1.807, 2.05) is 36.4 Å². The molecule has 6 heteroatoms. The second-order valence-electron chi connectivity index (χ2n) is 4.77. The monoisotopic (exact) mass is 319 g/mol. The van der Waals surface area contributed by atoms with Crippen LogP contribution in [0.25, 0.3) is 6.08 Å². The first-order valence-electron chi connectivity index (χ1n) is 7.22. The lowest BCUT2D eigenvalue weighted by atomic mass is 10.1. The smallest absolute Gasteiger partial charge is 0.328 e. The average molecular weight is 319 g/mol. The van der Waals surface area contributed by atoms with Gasteiger partial charge in [-0.05, 0) is 12.0 Å². The van der Waals surface area contributed by atoms with Crippen molar-refractivity contribution < 1.29 is 23.9 Å². The van der Waals surface area contributed by atoms with E-state index in [-0.39, 0.29) is 12.8 Å². The molecule has 0 saturated carbocycles. The number of methoxy groups -OCH3 is 2. The third-order valence-corrected chi connectivity index (χ3v) is 3.09. The van der Waals surface area contributed by atoms with Crippen molar-refractivity contribution in [1.82, 2.24) is 5.32 Å². The first-order chi connectivity index (χ1) is 11.1. The molecule has 0 fully saturated rings. The highest BCUT2D eigenvalue weighted by Gasteiger charge is 2.20. The van der Waals surface area contributed by atoms with Gasteiger partial charge in [-0.3, -0.25) is 9.59 Å². The number of carbonyl (C=O) groups is 3. The molecule has 0 bridgehead atoms. The molecule has 1 atom stereocenters. The van der Waals surface area contributed by atoms with Crippen LogP contribution in [0.3, 0.4) is 0 Å². The van der Waals surface area contributed by atoms with Crippen LogP contribution in [0.4, 0.5) is 0 Å². The summed E-state index contributed by atoms with van der Waals surface area (Å²) in [5, 5.41) is 2.56. The number of amides is 1. The maximum absolute atomic E-state index is 11.8. The van der Waals surface area contributed by atoms with Crippen LogP contribution >= 0.6 is 0 Å². The molecule has 6 nitrogen and oxygen atoms in total. The third kappa shape index (κ3) is 7.26. The molecule has 1 aromatic carbocycles. The lowest BCUT2D eigenvalue weighted by Gasteiger charge is -2.14. The maximum atomic E-state index is 11.8. The van der Waals surface area contributed by atoms with Crippen LogP contribution in [0, 0.1) is 0 Å². The summed E-state index contributed by atoms with van der Waals surface area (Å²) in [4.78, 5) is 34.5. The zero-order chi connectivity index (χ0) is 17.1. The van der Waals surface area contributed by atoms with Gasteiger partial charge in [0, 0.05) is 6.42 Å². The molecular weight excluding hydrogens is 298 g/mol. The van der Waals surface area contributed by atoms with Gasteiger partial charge in [0.05, 0.1) is 20.6 Å². The van der Waals surface area contributed by atoms with Gasteiger partial charge in [-0.15, -0.1) is 0 Å².